The maximum absolute atomic E-state index is 13.5. The summed E-state index contributed by atoms with van der Waals surface area (Å²) in [5, 5.41) is 0.838. The van der Waals surface area contributed by atoms with Gasteiger partial charge in [-0.1, -0.05) is 45.2 Å². The number of ether oxygens (including phenoxy) is 1. The van der Waals surface area contributed by atoms with Gasteiger partial charge in [-0.15, -0.1) is 0 Å². The monoisotopic (exact) mass is 402 g/mol. The summed E-state index contributed by atoms with van der Waals surface area (Å²) >= 11 is 15.2. The zero-order valence-electron chi connectivity index (χ0n) is 11.2. The van der Waals surface area contributed by atoms with Crippen molar-refractivity contribution in [3.8, 4) is 0 Å². The van der Waals surface area contributed by atoms with Crippen LogP contribution in [0.25, 0.3) is 6.08 Å². The van der Waals surface area contributed by atoms with Gasteiger partial charge < -0.3 is 4.74 Å². The Balaban J connectivity index is 2.01. The summed E-state index contributed by atoms with van der Waals surface area (Å²) in [6.07, 6.45) is 2.49. The molecule has 2 nitrogen and oxygen atoms in total. The SMILES string of the molecule is O=C(/C=C/c1cc(Br)ccc1F)OCc1c(Cl)cccc1Cl. The molecule has 0 spiro atoms. The molecule has 6 heteroatoms. The van der Waals surface area contributed by atoms with Gasteiger partial charge in [0.2, 0.25) is 0 Å². The number of rotatable bonds is 4. The van der Waals surface area contributed by atoms with Gasteiger partial charge in [0.1, 0.15) is 12.4 Å². The lowest BCUT2D eigenvalue weighted by Gasteiger charge is -2.06. The van der Waals surface area contributed by atoms with E-state index in [0.717, 1.165) is 6.08 Å². The standard InChI is InChI=1S/C16H10BrCl2FO2/c17-11-5-6-15(20)10(8-11)4-7-16(21)22-9-12-13(18)2-1-3-14(12)19/h1-8H,9H2/b7-4+. The molecule has 0 aliphatic carbocycles. The first-order valence-electron chi connectivity index (χ1n) is 6.20. The second kappa shape index (κ2) is 7.77. The number of carbonyl (C=O) groups is 1. The van der Waals surface area contributed by atoms with Gasteiger partial charge in [0.15, 0.2) is 0 Å². The first-order valence-corrected chi connectivity index (χ1v) is 7.75. The Hall–Kier alpha value is -1.36. The highest BCUT2D eigenvalue weighted by Crippen LogP contribution is 2.25. The Labute approximate surface area is 145 Å². The number of carbonyl (C=O) groups excluding carboxylic acids is 1. The fraction of sp³-hybridized carbons (Fsp3) is 0.0625. The van der Waals surface area contributed by atoms with Gasteiger partial charge >= 0.3 is 5.97 Å². The van der Waals surface area contributed by atoms with E-state index in [-0.39, 0.29) is 12.2 Å². The van der Waals surface area contributed by atoms with Crippen molar-refractivity contribution < 1.29 is 13.9 Å². The highest BCUT2D eigenvalue weighted by atomic mass is 79.9. The molecule has 0 fully saturated rings. The van der Waals surface area contributed by atoms with E-state index in [1.54, 1.807) is 30.3 Å². The van der Waals surface area contributed by atoms with Crippen LogP contribution in [0.15, 0.2) is 46.9 Å². The van der Waals surface area contributed by atoms with Crippen LogP contribution in [0.3, 0.4) is 0 Å². The van der Waals surface area contributed by atoms with E-state index in [9.17, 15) is 9.18 Å². The normalized spacial score (nSPS) is 10.9. The third-order valence-electron chi connectivity index (χ3n) is 2.78. The lowest BCUT2D eigenvalue weighted by molar-refractivity contribution is -0.138. The Morgan fingerprint density at radius 2 is 1.91 bits per heavy atom. The largest absolute Gasteiger partial charge is 0.458 e. The smallest absolute Gasteiger partial charge is 0.331 e. The zero-order chi connectivity index (χ0) is 16.1. The molecule has 0 heterocycles. The van der Waals surface area contributed by atoms with Crippen LogP contribution in [0.2, 0.25) is 10.0 Å². The zero-order valence-corrected chi connectivity index (χ0v) is 14.3. The van der Waals surface area contributed by atoms with Gasteiger partial charge in [0.25, 0.3) is 0 Å². The third kappa shape index (κ3) is 4.57. The average Bonchev–Trinajstić information content (AvgIpc) is 2.47. The fourth-order valence-corrected chi connectivity index (χ4v) is 2.55. The van der Waals surface area contributed by atoms with Crippen molar-refractivity contribution in [3.63, 3.8) is 0 Å². The summed E-state index contributed by atoms with van der Waals surface area (Å²) in [6.45, 7) is -0.0529. The molecule has 0 saturated carbocycles. The second-order valence-corrected chi connectivity index (χ2v) is 6.04. The van der Waals surface area contributed by atoms with Gasteiger partial charge in [0, 0.05) is 31.7 Å². The van der Waals surface area contributed by atoms with Crippen molar-refractivity contribution in [3.05, 3.63) is 73.9 Å². The van der Waals surface area contributed by atoms with E-state index in [1.807, 2.05) is 0 Å². The van der Waals surface area contributed by atoms with Gasteiger partial charge in [0.05, 0.1) is 0 Å². The second-order valence-electron chi connectivity index (χ2n) is 4.31. The lowest BCUT2D eigenvalue weighted by atomic mass is 10.2. The Kier molecular flexibility index (Phi) is 6.00. The number of hydrogen-bond acceptors (Lipinski definition) is 2. The number of benzene rings is 2. The predicted molar refractivity (Wildman–Crippen MR) is 89.4 cm³/mol. The van der Waals surface area contributed by atoms with Crippen LogP contribution in [-0.4, -0.2) is 5.97 Å². The van der Waals surface area contributed by atoms with Crippen molar-refractivity contribution >= 4 is 51.2 Å². The van der Waals surface area contributed by atoms with Gasteiger partial charge in [-0.3, -0.25) is 0 Å². The van der Waals surface area contributed by atoms with Crippen molar-refractivity contribution in [1.29, 1.82) is 0 Å². The van der Waals surface area contributed by atoms with Crippen LogP contribution in [0, 0.1) is 5.82 Å². The number of hydrogen-bond donors (Lipinski definition) is 0. The maximum Gasteiger partial charge on any atom is 0.331 e. The molecule has 0 bridgehead atoms. The summed E-state index contributed by atoms with van der Waals surface area (Å²) in [5.41, 5.74) is 0.809. The summed E-state index contributed by atoms with van der Waals surface area (Å²) in [4.78, 5) is 11.7. The molecular formula is C16H10BrCl2FO2. The fourth-order valence-electron chi connectivity index (χ4n) is 1.66. The highest BCUT2D eigenvalue weighted by molar-refractivity contribution is 9.10. The Bertz CT molecular complexity index is 712. The lowest BCUT2D eigenvalue weighted by Crippen LogP contribution is -2.02. The van der Waals surface area contributed by atoms with Crippen molar-refractivity contribution in [1.82, 2.24) is 0 Å². The maximum atomic E-state index is 13.5. The van der Waals surface area contributed by atoms with Crippen LogP contribution in [-0.2, 0) is 16.1 Å². The molecule has 22 heavy (non-hydrogen) atoms. The molecule has 2 aromatic rings. The van der Waals surface area contributed by atoms with E-state index in [2.05, 4.69) is 15.9 Å². The van der Waals surface area contributed by atoms with Crippen molar-refractivity contribution in [2.75, 3.05) is 0 Å². The molecule has 114 valence electrons. The minimum absolute atomic E-state index is 0.0529. The molecule has 2 rings (SSSR count). The molecule has 0 N–H and O–H groups in total. The molecular weight excluding hydrogens is 394 g/mol. The molecule has 0 unspecified atom stereocenters. The molecule has 0 aromatic heterocycles. The minimum atomic E-state index is -0.615. The highest BCUT2D eigenvalue weighted by Gasteiger charge is 2.08. The molecule has 0 radical (unpaired) electrons. The van der Waals surface area contributed by atoms with E-state index in [4.69, 9.17) is 27.9 Å². The summed E-state index contributed by atoms with van der Waals surface area (Å²) in [7, 11) is 0. The predicted octanol–water partition coefficient (Wildman–Crippen LogP) is 5.65. The van der Waals surface area contributed by atoms with Crippen LogP contribution < -0.4 is 0 Å². The number of esters is 1. The summed E-state index contributed by atoms with van der Waals surface area (Å²) < 4.78 is 19.3. The van der Waals surface area contributed by atoms with E-state index in [1.165, 1.54) is 12.1 Å². The van der Waals surface area contributed by atoms with Gasteiger partial charge in [-0.2, -0.15) is 0 Å². The molecule has 0 aliphatic rings. The van der Waals surface area contributed by atoms with Crippen LogP contribution in [0.5, 0.6) is 0 Å². The van der Waals surface area contributed by atoms with Crippen molar-refractivity contribution in [2.45, 2.75) is 6.61 Å². The molecule has 2 aromatic carbocycles. The summed E-state index contributed by atoms with van der Waals surface area (Å²) in [6, 6.07) is 9.45. The molecule has 0 aliphatic heterocycles. The van der Waals surface area contributed by atoms with Gasteiger partial charge in [-0.25, -0.2) is 9.18 Å². The van der Waals surface area contributed by atoms with E-state index in [0.29, 0.717) is 20.1 Å². The van der Waals surface area contributed by atoms with Gasteiger partial charge in [-0.05, 0) is 36.4 Å². The van der Waals surface area contributed by atoms with Crippen molar-refractivity contribution in [2.24, 2.45) is 0 Å². The van der Waals surface area contributed by atoms with Crippen LogP contribution >= 0.6 is 39.1 Å². The molecule has 0 atom stereocenters. The quantitative estimate of drug-likeness (QED) is 0.486. The van der Waals surface area contributed by atoms with Crippen LogP contribution in [0.1, 0.15) is 11.1 Å². The first-order chi connectivity index (χ1) is 10.5. The third-order valence-corrected chi connectivity index (χ3v) is 3.98. The molecule has 0 amide bonds. The van der Waals surface area contributed by atoms with E-state index < -0.39 is 11.8 Å². The first kappa shape index (κ1) is 17.0. The molecule has 0 saturated heterocycles. The topological polar surface area (TPSA) is 26.3 Å². The summed E-state index contributed by atoms with van der Waals surface area (Å²) in [5.74, 6) is -1.04. The number of halogens is 4. The van der Waals surface area contributed by atoms with Crippen LogP contribution in [0.4, 0.5) is 4.39 Å². The Morgan fingerprint density at radius 3 is 2.59 bits per heavy atom. The van der Waals surface area contributed by atoms with E-state index >= 15 is 0 Å². The Morgan fingerprint density at radius 1 is 1.23 bits per heavy atom. The minimum Gasteiger partial charge on any atom is -0.458 e. The average molecular weight is 404 g/mol.